The fourth-order valence-electron chi connectivity index (χ4n) is 3.06. The highest BCUT2D eigenvalue weighted by atomic mass is 79.9. The monoisotopic (exact) mass is 489 g/mol. The molecule has 4 aromatic rings. The van der Waals surface area contributed by atoms with Crippen LogP contribution < -0.4 is 4.90 Å². The molecule has 1 amide bonds. The van der Waals surface area contributed by atoms with Crippen molar-refractivity contribution in [2.45, 2.75) is 0 Å². The van der Waals surface area contributed by atoms with Gasteiger partial charge in [-0.2, -0.15) is 0 Å². The number of rotatable bonds is 5. The zero-order chi connectivity index (χ0) is 19.7. The highest BCUT2D eigenvalue weighted by Gasteiger charge is 2.21. The Kier molecular flexibility index (Phi) is 6.90. The smallest absolute Gasteiger partial charge is 0.260 e. The normalized spacial score (nSPS) is 11.0. The van der Waals surface area contributed by atoms with Gasteiger partial charge in [0.2, 0.25) is 0 Å². The Labute approximate surface area is 188 Å². The summed E-state index contributed by atoms with van der Waals surface area (Å²) >= 11 is 5.05. The molecular weight excluding hydrogens is 470 g/mol. The van der Waals surface area contributed by atoms with Crippen LogP contribution in [0.25, 0.3) is 21.0 Å². The van der Waals surface area contributed by atoms with Crippen LogP contribution in [0.1, 0.15) is 10.4 Å². The zero-order valence-electron chi connectivity index (χ0n) is 16.1. The predicted octanol–water partition coefficient (Wildman–Crippen LogP) is 5.84. The van der Waals surface area contributed by atoms with Crippen molar-refractivity contribution in [2.24, 2.45) is 0 Å². The molecule has 0 saturated heterocycles. The van der Waals surface area contributed by atoms with Crippen molar-refractivity contribution in [1.82, 2.24) is 9.88 Å². The van der Waals surface area contributed by atoms with Crippen molar-refractivity contribution in [3.8, 4) is 0 Å². The molecule has 4 rings (SSSR count). The Morgan fingerprint density at radius 2 is 1.76 bits per heavy atom. The molecule has 1 aromatic heterocycles. The maximum Gasteiger partial charge on any atom is 0.260 e. The van der Waals surface area contributed by atoms with E-state index in [4.69, 9.17) is 4.98 Å². The Morgan fingerprint density at radius 3 is 2.52 bits per heavy atom. The molecule has 29 heavy (non-hydrogen) atoms. The van der Waals surface area contributed by atoms with Crippen LogP contribution in [0.15, 0.2) is 65.1 Å². The number of anilines is 1. The average molecular weight is 491 g/mol. The lowest BCUT2D eigenvalue weighted by atomic mass is 10.1. The summed E-state index contributed by atoms with van der Waals surface area (Å²) in [5, 5.41) is 2.92. The average Bonchev–Trinajstić information content (AvgIpc) is 3.10. The van der Waals surface area contributed by atoms with E-state index >= 15 is 0 Å². The number of hydrogen-bond donors (Lipinski definition) is 0. The third-order valence-electron chi connectivity index (χ3n) is 4.58. The lowest BCUT2D eigenvalue weighted by Crippen LogP contribution is -2.36. The second-order valence-corrected chi connectivity index (χ2v) is 8.86. The van der Waals surface area contributed by atoms with Gasteiger partial charge in [0, 0.05) is 23.1 Å². The van der Waals surface area contributed by atoms with Gasteiger partial charge in [0.15, 0.2) is 5.13 Å². The van der Waals surface area contributed by atoms with E-state index < -0.39 is 0 Å². The van der Waals surface area contributed by atoms with Gasteiger partial charge in [-0.3, -0.25) is 9.69 Å². The molecule has 0 aliphatic rings. The molecule has 0 radical (unpaired) electrons. The first-order valence-corrected chi connectivity index (χ1v) is 10.6. The Balaban J connectivity index is 0.00000240. The first kappa shape index (κ1) is 21.7. The molecule has 4 nitrogen and oxygen atoms in total. The molecule has 0 unspecified atom stereocenters. The molecule has 3 aromatic carbocycles. The van der Waals surface area contributed by atoms with E-state index in [0.717, 1.165) is 37.1 Å². The Hall–Kier alpha value is -1.99. The molecule has 0 atom stereocenters. The number of fused-ring (bicyclic) bond motifs is 2. The van der Waals surface area contributed by atoms with E-state index in [1.54, 1.807) is 16.2 Å². The Bertz CT molecular complexity index is 1160. The summed E-state index contributed by atoms with van der Waals surface area (Å²) in [6, 6.07) is 19.9. The molecule has 0 aliphatic carbocycles. The van der Waals surface area contributed by atoms with Crippen LogP contribution in [0.2, 0.25) is 0 Å². The van der Waals surface area contributed by atoms with Gasteiger partial charge in [0.25, 0.3) is 5.91 Å². The van der Waals surface area contributed by atoms with Gasteiger partial charge in [-0.15, -0.1) is 12.4 Å². The number of likely N-dealkylation sites (N-methyl/N-ethyl adjacent to an activating group) is 1. The van der Waals surface area contributed by atoms with Crippen LogP contribution in [0.3, 0.4) is 0 Å². The lowest BCUT2D eigenvalue weighted by Gasteiger charge is -2.22. The summed E-state index contributed by atoms with van der Waals surface area (Å²) in [7, 11) is 4.02. The lowest BCUT2D eigenvalue weighted by molar-refractivity contribution is 0.0985. The first-order chi connectivity index (χ1) is 13.5. The predicted molar refractivity (Wildman–Crippen MR) is 129 cm³/mol. The minimum atomic E-state index is -0.0225. The summed E-state index contributed by atoms with van der Waals surface area (Å²) in [4.78, 5) is 22.0. The fraction of sp³-hybridized carbons (Fsp3) is 0.182. The minimum absolute atomic E-state index is 0. The molecule has 1 heterocycles. The van der Waals surface area contributed by atoms with Gasteiger partial charge in [-0.1, -0.05) is 57.6 Å². The summed E-state index contributed by atoms with van der Waals surface area (Å²) in [5.41, 5.74) is 1.59. The van der Waals surface area contributed by atoms with E-state index in [2.05, 4.69) is 26.9 Å². The molecule has 0 saturated carbocycles. The van der Waals surface area contributed by atoms with E-state index in [1.807, 2.05) is 68.7 Å². The van der Waals surface area contributed by atoms with Crippen molar-refractivity contribution in [3.05, 3.63) is 70.7 Å². The van der Waals surface area contributed by atoms with Gasteiger partial charge in [-0.05, 0) is 55.2 Å². The van der Waals surface area contributed by atoms with Crippen LogP contribution in [0, 0.1) is 0 Å². The van der Waals surface area contributed by atoms with Crippen molar-refractivity contribution in [2.75, 3.05) is 32.1 Å². The minimum Gasteiger partial charge on any atom is -0.308 e. The van der Waals surface area contributed by atoms with Gasteiger partial charge in [-0.25, -0.2) is 4.98 Å². The summed E-state index contributed by atoms with van der Waals surface area (Å²) < 4.78 is 2.07. The number of halogens is 2. The van der Waals surface area contributed by atoms with Crippen molar-refractivity contribution in [3.63, 3.8) is 0 Å². The van der Waals surface area contributed by atoms with Gasteiger partial charge >= 0.3 is 0 Å². The van der Waals surface area contributed by atoms with Gasteiger partial charge in [0.1, 0.15) is 0 Å². The number of aromatic nitrogens is 1. The van der Waals surface area contributed by atoms with Crippen LogP contribution >= 0.6 is 39.7 Å². The van der Waals surface area contributed by atoms with Crippen molar-refractivity contribution >= 4 is 71.7 Å². The van der Waals surface area contributed by atoms with E-state index in [-0.39, 0.29) is 18.3 Å². The standard InChI is InChI=1S/C22H20BrN3OS.ClH/c1-25(2)11-12-26(22-24-19-10-9-18(23)14-20(19)28-22)21(27)17-8-7-15-5-3-4-6-16(15)13-17;/h3-10,13-14H,11-12H2,1-2H3;1H. The number of thiazole rings is 1. The first-order valence-electron chi connectivity index (χ1n) is 9.03. The number of carbonyl (C=O) groups is 1. The van der Waals surface area contributed by atoms with Gasteiger partial charge in [0.05, 0.1) is 10.2 Å². The van der Waals surface area contributed by atoms with Crippen LogP contribution in [-0.4, -0.2) is 43.0 Å². The molecule has 150 valence electrons. The Morgan fingerprint density at radius 1 is 1.00 bits per heavy atom. The summed E-state index contributed by atoms with van der Waals surface area (Å²) in [6.07, 6.45) is 0. The fourth-order valence-corrected chi connectivity index (χ4v) is 4.61. The molecule has 0 fully saturated rings. The third kappa shape index (κ3) is 4.78. The highest BCUT2D eigenvalue weighted by molar-refractivity contribution is 9.10. The molecule has 0 bridgehead atoms. The zero-order valence-corrected chi connectivity index (χ0v) is 19.4. The maximum absolute atomic E-state index is 13.4. The SMILES string of the molecule is CN(C)CCN(C(=O)c1ccc2ccccc2c1)c1nc2ccc(Br)cc2s1.Cl. The molecule has 0 aliphatic heterocycles. The highest BCUT2D eigenvalue weighted by Crippen LogP contribution is 2.32. The summed E-state index contributed by atoms with van der Waals surface area (Å²) in [5.74, 6) is -0.0225. The van der Waals surface area contributed by atoms with Crippen LogP contribution in [0.5, 0.6) is 0 Å². The van der Waals surface area contributed by atoms with Gasteiger partial charge < -0.3 is 4.90 Å². The van der Waals surface area contributed by atoms with Crippen molar-refractivity contribution < 1.29 is 4.79 Å². The molecule has 0 N–H and O–H groups in total. The quantitative estimate of drug-likeness (QED) is 0.352. The maximum atomic E-state index is 13.4. The van der Waals surface area contributed by atoms with E-state index in [0.29, 0.717) is 12.1 Å². The summed E-state index contributed by atoms with van der Waals surface area (Å²) in [6.45, 7) is 1.35. The number of amides is 1. The second kappa shape index (κ2) is 9.22. The largest absolute Gasteiger partial charge is 0.308 e. The topological polar surface area (TPSA) is 36.4 Å². The number of benzene rings is 3. The van der Waals surface area contributed by atoms with Crippen LogP contribution in [-0.2, 0) is 0 Å². The second-order valence-electron chi connectivity index (χ2n) is 6.93. The molecule has 0 spiro atoms. The number of carbonyl (C=O) groups excluding carboxylic acids is 1. The number of nitrogens with zero attached hydrogens (tertiary/aromatic N) is 3. The number of hydrogen-bond acceptors (Lipinski definition) is 4. The molecular formula is C22H21BrClN3OS. The third-order valence-corrected chi connectivity index (χ3v) is 6.12. The van der Waals surface area contributed by atoms with Crippen molar-refractivity contribution in [1.29, 1.82) is 0 Å². The van der Waals surface area contributed by atoms with E-state index in [1.165, 1.54) is 0 Å². The molecule has 7 heteroatoms. The van der Waals surface area contributed by atoms with Crippen LogP contribution in [0.4, 0.5) is 5.13 Å². The van der Waals surface area contributed by atoms with E-state index in [9.17, 15) is 4.79 Å².